The van der Waals surface area contributed by atoms with Crippen molar-refractivity contribution in [2.75, 3.05) is 85.7 Å². The highest BCUT2D eigenvalue weighted by Crippen LogP contribution is 2.18. The van der Waals surface area contributed by atoms with Gasteiger partial charge in [0, 0.05) is 84.6 Å². The molecule has 5 saturated heterocycles. The average molecular weight is 336 g/mol. The highest BCUT2D eigenvalue weighted by atomic mass is 16.5. The first-order valence-corrected chi connectivity index (χ1v) is 9.57. The predicted octanol–water partition coefficient (Wildman–Crippen LogP) is -1.03. The molecule has 0 radical (unpaired) electrons. The maximum absolute atomic E-state index is 5.48. The number of hydrogen-bond acceptors (Lipinski definition) is 5. The molecule has 7 heteroatoms. The Morgan fingerprint density at radius 3 is 2.46 bits per heavy atom. The van der Waals surface area contributed by atoms with Gasteiger partial charge in [-0.15, -0.1) is 0 Å². The van der Waals surface area contributed by atoms with Gasteiger partial charge in [0.2, 0.25) is 0 Å². The van der Waals surface area contributed by atoms with Crippen molar-refractivity contribution in [2.45, 2.75) is 18.5 Å². The Morgan fingerprint density at radius 2 is 1.79 bits per heavy atom. The Balaban J connectivity index is 1.27. The van der Waals surface area contributed by atoms with Crippen LogP contribution in [0.25, 0.3) is 0 Å². The molecule has 136 valence electrons. The molecule has 5 aliphatic heterocycles. The average Bonchev–Trinajstić information content (AvgIpc) is 3.14. The highest BCUT2D eigenvalue weighted by Gasteiger charge is 2.33. The molecule has 2 bridgehead atoms. The van der Waals surface area contributed by atoms with Gasteiger partial charge in [-0.1, -0.05) is 0 Å². The first kappa shape index (κ1) is 16.6. The van der Waals surface area contributed by atoms with Gasteiger partial charge in [-0.05, 0) is 6.42 Å². The van der Waals surface area contributed by atoms with E-state index in [1.165, 1.54) is 39.1 Å². The number of piperazine rings is 3. The minimum atomic E-state index is 0.641. The van der Waals surface area contributed by atoms with Gasteiger partial charge in [0.1, 0.15) is 0 Å². The van der Waals surface area contributed by atoms with E-state index in [0.29, 0.717) is 12.1 Å². The molecular formula is C17H32N6O. The Hall–Kier alpha value is -0.890. The number of guanidine groups is 1. The minimum Gasteiger partial charge on any atom is -0.379 e. The lowest BCUT2D eigenvalue weighted by Crippen LogP contribution is -2.64. The van der Waals surface area contributed by atoms with Crippen molar-refractivity contribution in [3.63, 3.8) is 0 Å². The molecule has 0 amide bonds. The Labute approximate surface area is 145 Å². The molecule has 0 aliphatic carbocycles. The van der Waals surface area contributed by atoms with E-state index in [9.17, 15) is 0 Å². The molecule has 5 fully saturated rings. The van der Waals surface area contributed by atoms with Crippen LogP contribution in [0.2, 0.25) is 0 Å². The lowest BCUT2D eigenvalue weighted by Gasteiger charge is -2.47. The molecule has 1 N–H and O–H groups in total. The quantitative estimate of drug-likeness (QED) is 0.525. The van der Waals surface area contributed by atoms with Crippen molar-refractivity contribution in [3.05, 3.63) is 0 Å². The molecule has 5 heterocycles. The third-order valence-electron chi connectivity index (χ3n) is 6.12. The summed E-state index contributed by atoms with van der Waals surface area (Å²) in [6.45, 7) is 13.3. The smallest absolute Gasteiger partial charge is 0.193 e. The Kier molecular flexibility index (Phi) is 5.22. The fourth-order valence-corrected chi connectivity index (χ4v) is 4.63. The fraction of sp³-hybridized carbons (Fsp3) is 0.941. The van der Waals surface area contributed by atoms with E-state index in [4.69, 9.17) is 4.74 Å². The lowest BCUT2D eigenvalue weighted by molar-refractivity contribution is 0.0150. The Morgan fingerprint density at radius 1 is 1.00 bits per heavy atom. The number of aliphatic imine (C=N–C) groups is 1. The van der Waals surface area contributed by atoms with Gasteiger partial charge in [0.25, 0.3) is 0 Å². The van der Waals surface area contributed by atoms with E-state index < -0.39 is 0 Å². The summed E-state index contributed by atoms with van der Waals surface area (Å²) in [6.07, 6.45) is 1.24. The molecule has 0 aromatic carbocycles. The summed E-state index contributed by atoms with van der Waals surface area (Å²) in [4.78, 5) is 14.8. The molecule has 7 nitrogen and oxygen atoms in total. The second-order valence-electron chi connectivity index (χ2n) is 7.46. The van der Waals surface area contributed by atoms with Crippen LogP contribution < -0.4 is 5.32 Å². The number of ether oxygens (including phenoxy) is 1. The zero-order valence-corrected chi connectivity index (χ0v) is 15.0. The summed E-state index contributed by atoms with van der Waals surface area (Å²) in [5, 5.41) is 3.65. The van der Waals surface area contributed by atoms with Crippen LogP contribution in [0.3, 0.4) is 0 Å². The summed E-state index contributed by atoms with van der Waals surface area (Å²) in [6, 6.07) is 1.30. The van der Waals surface area contributed by atoms with Crippen LogP contribution in [0.5, 0.6) is 0 Å². The van der Waals surface area contributed by atoms with Crippen molar-refractivity contribution in [3.8, 4) is 0 Å². The molecular weight excluding hydrogens is 304 g/mol. The monoisotopic (exact) mass is 336 g/mol. The molecule has 2 atom stereocenters. The molecule has 0 spiro atoms. The molecule has 0 saturated carbocycles. The summed E-state index contributed by atoms with van der Waals surface area (Å²) < 4.78 is 5.48. The molecule has 24 heavy (non-hydrogen) atoms. The summed E-state index contributed by atoms with van der Waals surface area (Å²) in [7, 11) is 1.92. The number of morpholine rings is 1. The largest absolute Gasteiger partial charge is 0.379 e. The van der Waals surface area contributed by atoms with Crippen LogP contribution in [0.15, 0.2) is 4.99 Å². The number of hydrogen-bond donors (Lipinski definition) is 1. The van der Waals surface area contributed by atoms with Crippen LogP contribution in [0, 0.1) is 0 Å². The predicted molar refractivity (Wildman–Crippen MR) is 95.5 cm³/mol. The number of fused-ring (bicyclic) bond motifs is 3. The first-order chi connectivity index (χ1) is 11.8. The van der Waals surface area contributed by atoms with Crippen LogP contribution in [0.1, 0.15) is 6.42 Å². The molecule has 0 aromatic heterocycles. The van der Waals surface area contributed by atoms with Gasteiger partial charge in [-0.25, -0.2) is 0 Å². The number of likely N-dealkylation sites (tertiary alicyclic amines) is 1. The van der Waals surface area contributed by atoms with E-state index in [2.05, 4.69) is 29.9 Å². The second-order valence-corrected chi connectivity index (χ2v) is 7.46. The highest BCUT2D eigenvalue weighted by molar-refractivity contribution is 5.80. The van der Waals surface area contributed by atoms with Crippen LogP contribution >= 0.6 is 0 Å². The molecule has 5 rings (SSSR count). The van der Waals surface area contributed by atoms with Gasteiger partial charge in [-0.3, -0.25) is 19.7 Å². The third-order valence-corrected chi connectivity index (χ3v) is 6.12. The van der Waals surface area contributed by atoms with Crippen LogP contribution in [-0.2, 0) is 4.74 Å². The first-order valence-electron chi connectivity index (χ1n) is 9.57. The normalized spacial score (nSPS) is 37.9. The summed E-state index contributed by atoms with van der Waals surface area (Å²) >= 11 is 0. The minimum absolute atomic E-state index is 0.641. The third kappa shape index (κ3) is 3.54. The van der Waals surface area contributed by atoms with Crippen molar-refractivity contribution in [1.82, 2.24) is 24.9 Å². The van der Waals surface area contributed by atoms with Crippen molar-refractivity contribution >= 4 is 5.96 Å². The van der Waals surface area contributed by atoms with Gasteiger partial charge >= 0.3 is 0 Å². The van der Waals surface area contributed by atoms with E-state index in [-0.39, 0.29) is 0 Å². The van der Waals surface area contributed by atoms with E-state index >= 15 is 0 Å². The van der Waals surface area contributed by atoms with Gasteiger partial charge in [0.15, 0.2) is 5.96 Å². The lowest BCUT2D eigenvalue weighted by atomic mass is 10.1. The summed E-state index contributed by atoms with van der Waals surface area (Å²) in [5.41, 5.74) is 0. The van der Waals surface area contributed by atoms with E-state index in [0.717, 1.165) is 51.9 Å². The van der Waals surface area contributed by atoms with Gasteiger partial charge in [-0.2, -0.15) is 0 Å². The van der Waals surface area contributed by atoms with Crippen molar-refractivity contribution in [2.24, 2.45) is 4.99 Å². The number of nitrogens with zero attached hydrogens (tertiary/aromatic N) is 5. The topological polar surface area (TPSA) is 46.6 Å². The van der Waals surface area contributed by atoms with Crippen molar-refractivity contribution < 1.29 is 4.74 Å². The Bertz CT molecular complexity index is 444. The van der Waals surface area contributed by atoms with Gasteiger partial charge < -0.3 is 15.0 Å². The van der Waals surface area contributed by atoms with Gasteiger partial charge in [0.05, 0.1) is 13.2 Å². The van der Waals surface area contributed by atoms with Crippen molar-refractivity contribution in [1.29, 1.82) is 0 Å². The maximum atomic E-state index is 5.48. The SMILES string of the molecule is CN=C(NCC1CN2CCN1CC2)N1CCC(N2CCOCC2)C1. The molecule has 2 unspecified atom stereocenters. The zero-order chi connectivity index (χ0) is 16.4. The van der Waals surface area contributed by atoms with Crippen LogP contribution in [-0.4, -0.2) is 123 Å². The maximum Gasteiger partial charge on any atom is 0.193 e. The van der Waals surface area contributed by atoms with E-state index in [1.54, 1.807) is 0 Å². The zero-order valence-electron chi connectivity index (χ0n) is 15.0. The second kappa shape index (κ2) is 7.56. The molecule has 0 aromatic rings. The standard InChI is InChI=1S/C17H32N6O/c1-18-17(19-12-16-13-20-4-6-21(16)7-5-20)23-3-2-15(14-23)22-8-10-24-11-9-22/h15-16H,2-14H2,1H3,(H,18,19). The fourth-order valence-electron chi connectivity index (χ4n) is 4.63. The number of rotatable bonds is 3. The molecule has 5 aliphatic rings. The number of nitrogens with one attached hydrogen (secondary N) is 1. The van der Waals surface area contributed by atoms with Crippen LogP contribution in [0.4, 0.5) is 0 Å². The summed E-state index contributed by atoms with van der Waals surface area (Å²) in [5.74, 6) is 1.09. The van der Waals surface area contributed by atoms with E-state index in [1.807, 2.05) is 7.05 Å².